The van der Waals surface area contributed by atoms with Gasteiger partial charge in [-0.2, -0.15) is 0 Å². The topological polar surface area (TPSA) is 50.2 Å². The Kier molecular flexibility index (Phi) is 7.52. The summed E-state index contributed by atoms with van der Waals surface area (Å²) in [5.74, 6) is -1.88. The molecule has 2 aliphatic rings. The number of hydrogen-bond acceptors (Lipinski definition) is 3. The second-order valence-electron chi connectivity index (χ2n) is 8.04. The summed E-state index contributed by atoms with van der Waals surface area (Å²) < 4.78 is 29.2. The first kappa shape index (κ1) is 23.8. The summed E-state index contributed by atoms with van der Waals surface area (Å²) in [5.41, 5.74) is 2.06. The molecular formula is C20H28Cl2F2N4O. The maximum atomic E-state index is 13.5. The van der Waals surface area contributed by atoms with Gasteiger partial charge in [0.25, 0.3) is 5.92 Å². The summed E-state index contributed by atoms with van der Waals surface area (Å²) in [6.07, 6.45) is 1.41. The molecular weight excluding hydrogens is 421 g/mol. The zero-order chi connectivity index (χ0) is 19.2. The number of aromatic nitrogens is 2. The van der Waals surface area contributed by atoms with Crippen LogP contribution >= 0.6 is 24.8 Å². The van der Waals surface area contributed by atoms with E-state index in [1.165, 1.54) is 0 Å². The van der Waals surface area contributed by atoms with Crippen molar-refractivity contribution in [3.05, 3.63) is 30.1 Å². The van der Waals surface area contributed by atoms with Crippen molar-refractivity contribution in [2.45, 2.75) is 57.0 Å². The highest BCUT2D eigenvalue weighted by molar-refractivity contribution is 5.85. The van der Waals surface area contributed by atoms with Gasteiger partial charge >= 0.3 is 0 Å². The summed E-state index contributed by atoms with van der Waals surface area (Å²) in [4.78, 5) is 19.4. The van der Waals surface area contributed by atoms with Crippen molar-refractivity contribution in [3.63, 3.8) is 0 Å². The van der Waals surface area contributed by atoms with Crippen LogP contribution in [0.5, 0.6) is 0 Å². The lowest BCUT2D eigenvalue weighted by Crippen LogP contribution is -2.47. The monoisotopic (exact) mass is 448 g/mol. The van der Waals surface area contributed by atoms with Crippen LogP contribution in [-0.2, 0) is 4.79 Å². The number of rotatable bonds is 3. The van der Waals surface area contributed by atoms with Gasteiger partial charge < -0.3 is 9.47 Å². The molecule has 0 radical (unpaired) electrons. The number of benzene rings is 1. The maximum Gasteiger partial charge on any atom is 0.262 e. The Labute approximate surface area is 182 Å². The Morgan fingerprint density at radius 3 is 2.66 bits per heavy atom. The zero-order valence-corrected chi connectivity index (χ0v) is 18.2. The predicted molar refractivity (Wildman–Crippen MR) is 115 cm³/mol. The third kappa shape index (κ3) is 4.67. The van der Waals surface area contributed by atoms with Crippen LogP contribution in [0.1, 0.15) is 50.9 Å². The standard InChI is InChI=1S/C20H26F2N4O.2ClH/c1-13(2)26-17-8-4-3-7-15(17)24-18(26)14-6-5-9-25(11-14)19(27)16-10-20(21,22)12-23-16;;/h3-4,7-8,13-14,16,23H,5-6,9-12H2,1-2H3;2*1H. The first-order valence-electron chi connectivity index (χ1n) is 9.72. The van der Waals surface area contributed by atoms with Gasteiger partial charge in [0, 0.05) is 31.5 Å². The van der Waals surface area contributed by atoms with Gasteiger partial charge in [-0.3, -0.25) is 10.1 Å². The molecule has 0 saturated carbocycles. The van der Waals surface area contributed by atoms with Gasteiger partial charge in [0.05, 0.1) is 23.6 Å². The largest absolute Gasteiger partial charge is 0.341 e. The van der Waals surface area contributed by atoms with Gasteiger partial charge in [-0.1, -0.05) is 12.1 Å². The molecule has 0 bridgehead atoms. The third-order valence-corrected chi connectivity index (χ3v) is 5.65. The molecule has 162 valence electrons. The number of amides is 1. The van der Waals surface area contributed by atoms with Crippen LogP contribution in [0.15, 0.2) is 24.3 Å². The number of piperidine rings is 1. The van der Waals surface area contributed by atoms with E-state index in [4.69, 9.17) is 4.98 Å². The van der Waals surface area contributed by atoms with Crippen molar-refractivity contribution in [1.82, 2.24) is 19.8 Å². The normalized spacial score (nSPS) is 23.7. The molecule has 9 heteroatoms. The van der Waals surface area contributed by atoms with Crippen molar-refractivity contribution >= 4 is 41.8 Å². The maximum absolute atomic E-state index is 13.5. The number of alkyl halides is 2. The van der Waals surface area contributed by atoms with Crippen molar-refractivity contribution in [2.24, 2.45) is 0 Å². The minimum Gasteiger partial charge on any atom is -0.341 e. The number of hydrogen-bond donors (Lipinski definition) is 1. The first-order chi connectivity index (χ1) is 12.9. The number of nitrogens with zero attached hydrogens (tertiary/aromatic N) is 3. The fourth-order valence-electron chi connectivity index (χ4n) is 4.39. The minimum atomic E-state index is -2.79. The molecule has 29 heavy (non-hydrogen) atoms. The van der Waals surface area contributed by atoms with E-state index >= 15 is 0 Å². The second-order valence-corrected chi connectivity index (χ2v) is 8.04. The van der Waals surface area contributed by atoms with E-state index in [0.717, 1.165) is 29.7 Å². The molecule has 2 atom stereocenters. The van der Waals surface area contributed by atoms with Gasteiger partial charge in [0.15, 0.2) is 0 Å². The molecule has 0 aliphatic carbocycles. The number of carbonyl (C=O) groups excluding carboxylic acids is 1. The first-order valence-corrected chi connectivity index (χ1v) is 9.72. The van der Waals surface area contributed by atoms with E-state index in [0.29, 0.717) is 13.1 Å². The number of nitrogens with one attached hydrogen (secondary N) is 1. The zero-order valence-electron chi connectivity index (χ0n) is 16.6. The van der Waals surface area contributed by atoms with Crippen molar-refractivity contribution in [2.75, 3.05) is 19.6 Å². The number of halogens is 4. The average molecular weight is 449 g/mol. The molecule has 0 spiro atoms. The Hall–Kier alpha value is -1.44. The van der Waals surface area contributed by atoms with Gasteiger partial charge in [-0.15, -0.1) is 24.8 Å². The number of para-hydroxylation sites is 2. The SMILES string of the molecule is CC(C)n1c(C2CCCN(C(=O)C3CC(F)(F)CN3)C2)nc2ccccc21.Cl.Cl. The quantitative estimate of drug-likeness (QED) is 0.766. The molecule has 2 fully saturated rings. The Morgan fingerprint density at radius 1 is 1.28 bits per heavy atom. The molecule has 1 aromatic heterocycles. The smallest absolute Gasteiger partial charge is 0.262 e. The van der Waals surface area contributed by atoms with Crippen molar-refractivity contribution in [1.29, 1.82) is 0 Å². The molecule has 1 amide bonds. The van der Waals surface area contributed by atoms with E-state index < -0.39 is 24.9 Å². The predicted octanol–water partition coefficient (Wildman–Crippen LogP) is 4.16. The van der Waals surface area contributed by atoms with Crippen LogP contribution in [0.25, 0.3) is 11.0 Å². The van der Waals surface area contributed by atoms with Crippen molar-refractivity contribution < 1.29 is 13.6 Å². The Balaban J connectivity index is 0.00000150. The van der Waals surface area contributed by atoms with Crippen LogP contribution in [0.3, 0.4) is 0 Å². The summed E-state index contributed by atoms with van der Waals surface area (Å²) in [7, 11) is 0. The summed E-state index contributed by atoms with van der Waals surface area (Å²) in [6, 6.07) is 7.55. The number of imidazole rings is 1. The average Bonchev–Trinajstić information content (AvgIpc) is 3.21. The van der Waals surface area contributed by atoms with Gasteiger partial charge in [-0.05, 0) is 38.8 Å². The highest BCUT2D eigenvalue weighted by Gasteiger charge is 2.44. The number of carbonyl (C=O) groups is 1. The van der Waals surface area contributed by atoms with Crippen molar-refractivity contribution in [3.8, 4) is 0 Å². The van der Waals surface area contributed by atoms with Gasteiger partial charge in [0.2, 0.25) is 5.91 Å². The molecule has 2 unspecified atom stereocenters. The van der Waals surface area contributed by atoms with Gasteiger partial charge in [-0.25, -0.2) is 13.8 Å². The minimum absolute atomic E-state index is 0. The summed E-state index contributed by atoms with van der Waals surface area (Å²) in [6.45, 7) is 5.02. The molecule has 5 nitrogen and oxygen atoms in total. The lowest BCUT2D eigenvalue weighted by molar-refractivity contribution is -0.135. The molecule has 3 heterocycles. The van der Waals surface area contributed by atoms with Crippen LogP contribution in [0.4, 0.5) is 8.78 Å². The van der Waals surface area contributed by atoms with E-state index in [1.807, 2.05) is 18.2 Å². The van der Waals surface area contributed by atoms with Crippen LogP contribution in [0.2, 0.25) is 0 Å². The summed E-state index contributed by atoms with van der Waals surface area (Å²) >= 11 is 0. The molecule has 2 saturated heterocycles. The third-order valence-electron chi connectivity index (χ3n) is 5.65. The lowest BCUT2D eigenvalue weighted by atomic mass is 9.96. The Bertz CT molecular complexity index is 858. The van der Waals surface area contributed by atoms with Crippen LogP contribution in [-0.4, -0.2) is 52.0 Å². The summed E-state index contributed by atoms with van der Waals surface area (Å²) in [5, 5.41) is 2.69. The fraction of sp³-hybridized carbons (Fsp3) is 0.600. The van der Waals surface area contributed by atoms with E-state index in [1.54, 1.807) is 4.90 Å². The fourth-order valence-corrected chi connectivity index (χ4v) is 4.39. The van der Waals surface area contributed by atoms with E-state index in [9.17, 15) is 13.6 Å². The molecule has 1 aromatic carbocycles. The molecule has 1 N–H and O–H groups in total. The van der Waals surface area contributed by atoms with E-state index in [-0.39, 0.29) is 42.7 Å². The number of fused-ring (bicyclic) bond motifs is 1. The lowest BCUT2D eigenvalue weighted by Gasteiger charge is -2.34. The van der Waals surface area contributed by atoms with Crippen LogP contribution < -0.4 is 5.32 Å². The highest BCUT2D eigenvalue weighted by atomic mass is 35.5. The highest BCUT2D eigenvalue weighted by Crippen LogP contribution is 2.33. The van der Waals surface area contributed by atoms with Gasteiger partial charge in [0.1, 0.15) is 5.82 Å². The van der Waals surface area contributed by atoms with E-state index in [2.05, 4.69) is 29.8 Å². The second kappa shape index (κ2) is 9.14. The molecule has 4 rings (SSSR count). The molecule has 2 aliphatic heterocycles. The number of likely N-dealkylation sites (tertiary alicyclic amines) is 1. The molecule has 2 aromatic rings. The Morgan fingerprint density at radius 2 is 2.00 bits per heavy atom. The van der Waals surface area contributed by atoms with Crippen LogP contribution in [0, 0.1) is 0 Å².